The molecule has 0 saturated heterocycles. The molecule has 3 N–H and O–H groups in total. The Bertz CT molecular complexity index is 668. The summed E-state index contributed by atoms with van der Waals surface area (Å²) in [4.78, 5) is 14.4. The van der Waals surface area contributed by atoms with Gasteiger partial charge >= 0.3 is 5.69 Å². The van der Waals surface area contributed by atoms with Gasteiger partial charge in [0.1, 0.15) is 5.84 Å². The van der Waals surface area contributed by atoms with E-state index in [-0.39, 0.29) is 23.2 Å². The number of rotatable bonds is 4. The number of amidine groups is 1. The average molecular weight is 272 g/mol. The number of nitro benzene ring substituents is 1. The number of pyridine rings is 1. The molecule has 0 saturated carbocycles. The molecular formula is C13H12N4O3. The van der Waals surface area contributed by atoms with E-state index in [1.54, 1.807) is 19.1 Å². The quantitative estimate of drug-likeness (QED) is 0.383. The van der Waals surface area contributed by atoms with Crippen molar-refractivity contribution in [2.24, 2.45) is 5.73 Å². The maximum atomic E-state index is 11.0. The molecule has 7 nitrogen and oxygen atoms in total. The molecule has 0 unspecified atom stereocenters. The Morgan fingerprint density at radius 1 is 1.40 bits per heavy atom. The lowest BCUT2D eigenvalue weighted by atomic mass is 10.2. The van der Waals surface area contributed by atoms with Crippen LogP contribution in [0.25, 0.3) is 0 Å². The molecule has 0 aliphatic heterocycles. The van der Waals surface area contributed by atoms with E-state index in [1.165, 1.54) is 24.4 Å². The summed E-state index contributed by atoms with van der Waals surface area (Å²) in [6.45, 7) is 1.76. The molecule has 1 aromatic carbocycles. The van der Waals surface area contributed by atoms with Crippen molar-refractivity contribution in [2.45, 2.75) is 6.92 Å². The monoisotopic (exact) mass is 272 g/mol. The van der Waals surface area contributed by atoms with Crippen molar-refractivity contribution >= 4 is 11.5 Å². The summed E-state index contributed by atoms with van der Waals surface area (Å²) in [5, 5.41) is 18.2. The second-order valence-corrected chi connectivity index (χ2v) is 4.13. The van der Waals surface area contributed by atoms with E-state index in [0.717, 1.165) is 5.56 Å². The fraction of sp³-hybridized carbons (Fsp3) is 0.0769. The minimum atomic E-state index is -0.508. The van der Waals surface area contributed by atoms with E-state index in [2.05, 4.69) is 4.98 Å². The smallest absolute Gasteiger partial charge is 0.311 e. The lowest BCUT2D eigenvalue weighted by Crippen LogP contribution is -2.11. The Morgan fingerprint density at radius 2 is 2.15 bits per heavy atom. The number of aromatic nitrogens is 1. The summed E-state index contributed by atoms with van der Waals surface area (Å²) >= 11 is 0. The third-order valence-corrected chi connectivity index (χ3v) is 2.57. The van der Waals surface area contributed by atoms with Crippen LogP contribution in [-0.2, 0) is 0 Å². The minimum absolute atomic E-state index is 0.106. The summed E-state index contributed by atoms with van der Waals surface area (Å²) in [7, 11) is 0. The molecule has 0 aliphatic carbocycles. The number of aryl methyl sites for hydroxylation is 1. The maximum Gasteiger partial charge on any atom is 0.311 e. The van der Waals surface area contributed by atoms with Gasteiger partial charge in [-0.05, 0) is 24.6 Å². The number of hydrogen-bond donors (Lipinski definition) is 2. The highest BCUT2D eigenvalue weighted by atomic mass is 16.6. The highest BCUT2D eigenvalue weighted by Gasteiger charge is 2.16. The van der Waals surface area contributed by atoms with Crippen molar-refractivity contribution in [2.75, 3.05) is 0 Å². The standard InChI is InChI=1S/C13H12N4O3/c1-8-2-4-11(10(6-8)17(18)19)20-12-5-3-9(7-16-12)13(14)15/h2-7H,1H3,(H3,14,15). The predicted octanol–water partition coefficient (Wildman–Crippen LogP) is 2.37. The Kier molecular flexibility index (Phi) is 3.60. The van der Waals surface area contributed by atoms with Gasteiger partial charge in [-0.1, -0.05) is 6.07 Å². The van der Waals surface area contributed by atoms with Gasteiger partial charge in [0.2, 0.25) is 11.6 Å². The number of nitrogen functional groups attached to an aromatic ring is 1. The topological polar surface area (TPSA) is 115 Å². The van der Waals surface area contributed by atoms with Crippen LogP contribution in [0.2, 0.25) is 0 Å². The van der Waals surface area contributed by atoms with Crippen LogP contribution in [-0.4, -0.2) is 15.7 Å². The van der Waals surface area contributed by atoms with Crippen LogP contribution in [0.3, 0.4) is 0 Å². The van der Waals surface area contributed by atoms with E-state index in [4.69, 9.17) is 15.9 Å². The van der Waals surface area contributed by atoms with Gasteiger partial charge < -0.3 is 10.5 Å². The van der Waals surface area contributed by atoms with Gasteiger partial charge in [-0.2, -0.15) is 0 Å². The molecule has 0 amide bonds. The molecule has 1 aromatic heterocycles. The second-order valence-electron chi connectivity index (χ2n) is 4.13. The zero-order chi connectivity index (χ0) is 14.7. The number of nitrogens with two attached hydrogens (primary N) is 1. The number of nitro groups is 1. The first-order valence-electron chi connectivity index (χ1n) is 5.70. The largest absolute Gasteiger partial charge is 0.432 e. The first-order chi connectivity index (χ1) is 9.47. The summed E-state index contributed by atoms with van der Waals surface area (Å²) < 4.78 is 5.40. The third kappa shape index (κ3) is 2.89. The number of nitrogens with one attached hydrogen (secondary N) is 1. The van der Waals surface area contributed by atoms with E-state index < -0.39 is 4.92 Å². The zero-order valence-electron chi connectivity index (χ0n) is 10.7. The van der Waals surface area contributed by atoms with E-state index in [1.807, 2.05) is 0 Å². The third-order valence-electron chi connectivity index (χ3n) is 2.57. The van der Waals surface area contributed by atoms with Crippen LogP contribution < -0.4 is 10.5 Å². The van der Waals surface area contributed by atoms with Crippen LogP contribution in [0.4, 0.5) is 5.69 Å². The molecule has 2 aromatic rings. The van der Waals surface area contributed by atoms with Crippen molar-refractivity contribution in [1.29, 1.82) is 5.41 Å². The van der Waals surface area contributed by atoms with Gasteiger partial charge in [0.25, 0.3) is 0 Å². The molecule has 0 atom stereocenters. The van der Waals surface area contributed by atoms with Crippen molar-refractivity contribution in [3.63, 3.8) is 0 Å². The van der Waals surface area contributed by atoms with Gasteiger partial charge in [-0.25, -0.2) is 4.98 Å². The highest BCUT2D eigenvalue weighted by Crippen LogP contribution is 2.31. The molecular weight excluding hydrogens is 260 g/mol. The van der Waals surface area contributed by atoms with Crippen molar-refractivity contribution in [3.8, 4) is 11.6 Å². The Labute approximate surface area is 114 Å². The van der Waals surface area contributed by atoms with Crippen LogP contribution in [0.15, 0.2) is 36.5 Å². The highest BCUT2D eigenvalue weighted by molar-refractivity contribution is 5.94. The van der Waals surface area contributed by atoms with Crippen molar-refractivity contribution in [1.82, 2.24) is 4.98 Å². The molecule has 0 aliphatic rings. The molecule has 0 fully saturated rings. The molecule has 0 spiro atoms. The first kappa shape index (κ1) is 13.5. The Morgan fingerprint density at radius 3 is 2.70 bits per heavy atom. The molecule has 102 valence electrons. The molecule has 0 bridgehead atoms. The van der Waals surface area contributed by atoms with Gasteiger partial charge in [-0.15, -0.1) is 0 Å². The van der Waals surface area contributed by atoms with Crippen LogP contribution in [0.5, 0.6) is 11.6 Å². The first-order valence-corrected chi connectivity index (χ1v) is 5.70. The Balaban J connectivity index is 2.30. The normalized spacial score (nSPS) is 10.1. The van der Waals surface area contributed by atoms with Crippen LogP contribution >= 0.6 is 0 Å². The lowest BCUT2D eigenvalue weighted by Gasteiger charge is -2.06. The van der Waals surface area contributed by atoms with Crippen molar-refractivity contribution < 1.29 is 9.66 Å². The van der Waals surface area contributed by atoms with E-state index in [0.29, 0.717) is 5.56 Å². The van der Waals surface area contributed by atoms with Crippen LogP contribution in [0, 0.1) is 22.4 Å². The molecule has 1 heterocycles. The number of nitrogens with zero attached hydrogens (tertiary/aromatic N) is 2. The zero-order valence-corrected chi connectivity index (χ0v) is 10.7. The minimum Gasteiger partial charge on any atom is -0.432 e. The van der Waals surface area contributed by atoms with Crippen LogP contribution in [0.1, 0.15) is 11.1 Å². The summed E-state index contributed by atoms with van der Waals surface area (Å²) in [5.41, 5.74) is 6.41. The predicted molar refractivity (Wildman–Crippen MR) is 73.2 cm³/mol. The number of benzene rings is 1. The summed E-state index contributed by atoms with van der Waals surface area (Å²) in [5.74, 6) is 0.205. The maximum absolute atomic E-state index is 11.0. The Hall–Kier alpha value is -2.96. The van der Waals surface area contributed by atoms with Crippen molar-refractivity contribution in [3.05, 3.63) is 57.8 Å². The number of hydrogen-bond acceptors (Lipinski definition) is 5. The fourth-order valence-electron chi connectivity index (χ4n) is 1.57. The van der Waals surface area contributed by atoms with Gasteiger partial charge in [-0.3, -0.25) is 15.5 Å². The molecule has 7 heteroatoms. The number of ether oxygens (including phenoxy) is 1. The molecule has 0 radical (unpaired) electrons. The fourth-order valence-corrected chi connectivity index (χ4v) is 1.57. The van der Waals surface area contributed by atoms with E-state index in [9.17, 15) is 10.1 Å². The summed E-state index contributed by atoms with van der Waals surface area (Å²) in [6, 6.07) is 7.73. The van der Waals surface area contributed by atoms with Gasteiger partial charge in [0, 0.05) is 23.9 Å². The molecule has 2 rings (SSSR count). The lowest BCUT2D eigenvalue weighted by molar-refractivity contribution is -0.385. The summed E-state index contributed by atoms with van der Waals surface area (Å²) in [6.07, 6.45) is 1.37. The second kappa shape index (κ2) is 5.35. The van der Waals surface area contributed by atoms with Gasteiger partial charge in [0.15, 0.2) is 0 Å². The van der Waals surface area contributed by atoms with Gasteiger partial charge in [0.05, 0.1) is 4.92 Å². The molecule has 20 heavy (non-hydrogen) atoms. The van der Waals surface area contributed by atoms with E-state index >= 15 is 0 Å². The SMILES string of the molecule is Cc1ccc(Oc2ccc(C(=N)N)cn2)c([N+](=O)[O-])c1. The average Bonchev–Trinajstić information content (AvgIpc) is 2.41.